The summed E-state index contributed by atoms with van der Waals surface area (Å²) >= 11 is 12.1. The van der Waals surface area contributed by atoms with Crippen molar-refractivity contribution in [1.29, 1.82) is 0 Å². The Morgan fingerprint density at radius 3 is 2.75 bits per heavy atom. The Kier molecular flexibility index (Phi) is 4.78. The zero-order valence-electron chi connectivity index (χ0n) is 13.4. The SMILES string of the molecule is Cc1nc2ccccc2n1CC(=O)N[C@@H](C)c1ccc(Cl)cc1Cl. The van der Waals surface area contributed by atoms with Crippen molar-refractivity contribution in [3.05, 3.63) is 63.9 Å². The van der Waals surface area contributed by atoms with Crippen molar-refractivity contribution in [2.75, 3.05) is 0 Å². The number of amides is 1. The van der Waals surface area contributed by atoms with Crippen LogP contribution in [-0.2, 0) is 11.3 Å². The number of aryl methyl sites for hydroxylation is 1. The molecule has 0 unspecified atom stereocenters. The fourth-order valence-electron chi connectivity index (χ4n) is 2.76. The second kappa shape index (κ2) is 6.83. The van der Waals surface area contributed by atoms with Crippen molar-refractivity contribution in [1.82, 2.24) is 14.9 Å². The Bertz CT molecular complexity index is 904. The largest absolute Gasteiger partial charge is 0.348 e. The minimum atomic E-state index is -0.211. The molecule has 1 amide bonds. The molecule has 0 aliphatic carbocycles. The molecule has 0 saturated heterocycles. The zero-order valence-corrected chi connectivity index (χ0v) is 14.9. The molecule has 3 rings (SSSR count). The first-order valence-electron chi connectivity index (χ1n) is 7.62. The number of nitrogens with one attached hydrogen (secondary N) is 1. The number of halogens is 2. The smallest absolute Gasteiger partial charge is 0.240 e. The highest BCUT2D eigenvalue weighted by atomic mass is 35.5. The molecule has 1 atom stereocenters. The first kappa shape index (κ1) is 16.8. The number of para-hydroxylation sites is 2. The third kappa shape index (κ3) is 3.40. The van der Waals surface area contributed by atoms with Crippen LogP contribution < -0.4 is 5.32 Å². The van der Waals surface area contributed by atoms with E-state index in [4.69, 9.17) is 23.2 Å². The summed E-state index contributed by atoms with van der Waals surface area (Å²) < 4.78 is 1.90. The molecule has 1 aromatic heterocycles. The van der Waals surface area contributed by atoms with Crippen molar-refractivity contribution in [2.24, 2.45) is 0 Å². The molecule has 4 nitrogen and oxygen atoms in total. The molecular formula is C18H17Cl2N3O. The maximum atomic E-state index is 12.4. The van der Waals surface area contributed by atoms with Crippen molar-refractivity contribution in [3.8, 4) is 0 Å². The van der Waals surface area contributed by atoms with E-state index in [-0.39, 0.29) is 18.5 Å². The van der Waals surface area contributed by atoms with Crippen LogP contribution in [0.25, 0.3) is 11.0 Å². The molecule has 124 valence electrons. The summed E-state index contributed by atoms with van der Waals surface area (Å²) in [5, 5.41) is 4.08. The minimum absolute atomic E-state index is 0.0974. The summed E-state index contributed by atoms with van der Waals surface area (Å²) in [5.41, 5.74) is 2.67. The van der Waals surface area contributed by atoms with E-state index in [2.05, 4.69) is 10.3 Å². The molecule has 0 saturated carbocycles. The number of carbonyl (C=O) groups is 1. The molecule has 0 radical (unpaired) electrons. The van der Waals surface area contributed by atoms with Gasteiger partial charge in [0.1, 0.15) is 12.4 Å². The number of rotatable bonds is 4. The quantitative estimate of drug-likeness (QED) is 0.741. The lowest BCUT2D eigenvalue weighted by Crippen LogP contribution is -2.30. The highest BCUT2D eigenvalue weighted by Gasteiger charge is 2.15. The summed E-state index contributed by atoms with van der Waals surface area (Å²) in [6.07, 6.45) is 0. The number of aromatic nitrogens is 2. The van der Waals surface area contributed by atoms with Crippen LogP contribution in [0.5, 0.6) is 0 Å². The van der Waals surface area contributed by atoms with Crippen LogP contribution in [0.2, 0.25) is 10.0 Å². The Morgan fingerprint density at radius 1 is 1.25 bits per heavy atom. The third-order valence-electron chi connectivity index (χ3n) is 3.95. The van der Waals surface area contributed by atoms with Crippen molar-refractivity contribution in [2.45, 2.75) is 26.4 Å². The number of imidazole rings is 1. The van der Waals surface area contributed by atoms with Crippen LogP contribution in [-0.4, -0.2) is 15.5 Å². The van der Waals surface area contributed by atoms with E-state index in [9.17, 15) is 4.79 Å². The van der Waals surface area contributed by atoms with Gasteiger partial charge >= 0.3 is 0 Å². The van der Waals surface area contributed by atoms with Crippen LogP contribution in [0, 0.1) is 6.92 Å². The fraction of sp³-hybridized carbons (Fsp3) is 0.222. The van der Waals surface area contributed by atoms with E-state index >= 15 is 0 Å². The van der Waals surface area contributed by atoms with Gasteiger partial charge in [0.25, 0.3) is 0 Å². The molecule has 0 fully saturated rings. The van der Waals surface area contributed by atoms with Gasteiger partial charge in [0, 0.05) is 10.0 Å². The predicted molar refractivity (Wildman–Crippen MR) is 97.5 cm³/mol. The molecule has 0 bridgehead atoms. The average molecular weight is 362 g/mol. The number of hydrogen-bond acceptors (Lipinski definition) is 2. The van der Waals surface area contributed by atoms with Gasteiger partial charge in [-0.2, -0.15) is 0 Å². The highest BCUT2D eigenvalue weighted by molar-refractivity contribution is 6.35. The summed E-state index contributed by atoms with van der Waals surface area (Å²) in [6, 6.07) is 12.8. The van der Waals surface area contributed by atoms with E-state index in [0.717, 1.165) is 22.4 Å². The molecule has 1 heterocycles. The van der Waals surface area contributed by atoms with Crippen molar-refractivity contribution in [3.63, 3.8) is 0 Å². The van der Waals surface area contributed by atoms with Crippen molar-refractivity contribution < 1.29 is 4.79 Å². The van der Waals surface area contributed by atoms with Crippen LogP contribution in [0.3, 0.4) is 0 Å². The zero-order chi connectivity index (χ0) is 17.3. The number of hydrogen-bond donors (Lipinski definition) is 1. The summed E-state index contributed by atoms with van der Waals surface area (Å²) in [6.45, 7) is 4.00. The number of benzene rings is 2. The summed E-state index contributed by atoms with van der Waals surface area (Å²) in [5.74, 6) is 0.711. The molecule has 24 heavy (non-hydrogen) atoms. The average Bonchev–Trinajstić information content (AvgIpc) is 2.83. The molecule has 2 aromatic carbocycles. The molecule has 0 aliphatic heterocycles. The molecule has 0 spiro atoms. The molecule has 3 aromatic rings. The highest BCUT2D eigenvalue weighted by Crippen LogP contribution is 2.26. The van der Waals surface area contributed by atoms with Gasteiger partial charge < -0.3 is 9.88 Å². The number of fused-ring (bicyclic) bond motifs is 1. The van der Waals surface area contributed by atoms with E-state index in [1.807, 2.05) is 48.7 Å². The first-order chi connectivity index (χ1) is 11.5. The molecular weight excluding hydrogens is 345 g/mol. The van der Waals surface area contributed by atoms with Gasteiger partial charge in [-0.15, -0.1) is 0 Å². The third-order valence-corrected chi connectivity index (χ3v) is 4.52. The lowest BCUT2D eigenvalue weighted by Gasteiger charge is -2.16. The van der Waals surface area contributed by atoms with Gasteiger partial charge in [-0.1, -0.05) is 41.4 Å². The van der Waals surface area contributed by atoms with Gasteiger partial charge in [-0.05, 0) is 43.7 Å². The normalized spacial score (nSPS) is 12.3. The number of carbonyl (C=O) groups excluding carboxylic acids is 1. The molecule has 6 heteroatoms. The first-order valence-corrected chi connectivity index (χ1v) is 8.37. The Hall–Kier alpha value is -2.04. The summed E-state index contributed by atoms with van der Waals surface area (Å²) in [4.78, 5) is 16.9. The van der Waals surface area contributed by atoms with E-state index in [1.54, 1.807) is 12.1 Å². The number of nitrogens with zero attached hydrogens (tertiary/aromatic N) is 2. The molecule has 1 N–H and O–H groups in total. The maximum Gasteiger partial charge on any atom is 0.240 e. The fourth-order valence-corrected chi connectivity index (χ4v) is 3.33. The van der Waals surface area contributed by atoms with Gasteiger partial charge in [-0.3, -0.25) is 4.79 Å². The Labute approximate surface area is 150 Å². The summed E-state index contributed by atoms with van der Waals surface area (Å²) in [7, 11) is 0. The topological polar surface area (TPSA) is 46.9 Å². The van der Waals surface area contributed by atoms with Gasteiger partial charge in [0.15, 0.2) is 0 Å². The van der Waals surface area contributed by atoms with E-state index in [1.165, 1.54) is 0 Å². The Balaban J connectivity index is 1.76. The van der Waals surface area contributed by atoms with E-state index in [0.29, 0.717) is 10.0 Å². The van der Waals surface area contributed by atoms with Gasteiger partial charge in [0.05, 0.1) is 17.1 Å². The van der Waals surface area contributed by atoms with Crippen LogP contribution in [0.4, 0.5) is 0 Å². The monoisotopic (exact) mass is 361 g/mol. The Morgan fingerprint density at radius 2 is 2.00 bits per heavy atom. The second-order valence-electron chi connectivity index (χ2n) is 5.69. The van der Waals surface area contributed by atoms with Gasteiger partial charge in [-0.25, -0.2) is 4.98 Å². The predicted octanol–water partition coefficient (Wildman–Crippen LogP) is 4.53. The lowest BCUT2D eigenvalue weighted by molar-refractivity contribution is -0.122. The van der Waals surface area contributed by atoms with Crippen LogP contribution in [0.15, 0.2) is 42.5 Å². The standard InChI is InChI=1S/C18H17Cl2N3O/c1-11(14-8-7-13(19)9-15(14)20)21-18(24)10-23-12(2)22-16-5-3-4-6-17(16)23/h3-9,11H,10H2,1-2H3,(H,21,24)/t11-/m0/s1. The van der Waals surface area contributed by atoms with Crippen LogP contribution in [0.1, 0.15) is 24.4 Å². The van der Waals surface area contributed by atoms with Gasteiger partial charge in [0.2, 0.25) is 5.91 Å². The second-order valence-corrected chi connectivity index (χ2v) is 6.53. The maximum absolute atomic E-state index is 12.4. The lowest BCUT2D eigenvalue weighted by atomic mass is 10.1. The molecule has 0 aliphatic rings. The van der Waals surface area contributed by atoms with Crippen LogP contribution >= 0.6 is 23.2 Å². The van der Waals surface area contributed by atoms with Crippen molar-refractivity contribution >= 4 is 40.1 Å². The van der Waals surface area contributed by atoms with E-state index < -0.39 is 0 Å². The minimum Gasteiger partial charge on any atom is -0.348 e.